The lowest BCUT2D eigenvalue weighted by atomic mass is 9.96. The number of amides is 2. The van der Waals surface area contributed by atoms with E-state index in [1.165, 1.54) is 0 Å². The molecule has 0 atom stereocenters. The minimum absolute atomic E-state index is 0.385. The summed E-state index contributed by atoms with van der Waals surface area (Å²) in [5, 5.41) is 5.48. The first kappa shape index (κ1) is 18.9. The van der Waals surface area contributed by atoms with Crippen LogP contribution in [-0.4, -0.2) is 36.4 Å². The Morgan fingerprint density at radius 1 is 1.11 bits per heavy atom. The van der Waals surface area contributed by atoms with E-state index in [0.717, 1.165) is 42.7 Å². The van der Waals surface area contributed by atoms with Gasteiger partial charge in [-0.25, -0.2) is 0 Å². The number of carbonyl (C=O) groups is 2. The maximum Gasteiger partial charge on any atom is 0.313 e. The monoisotopic (exact) mass is 366 g/mol. The molecule has 1 aromatic heterocycles. The maximum atomic E-state index is 12.1. The second-order valence-electron chi connectivity index (χ2n) is 7.05. The molecule has 2 aromatic rings. The molecular formula is C21H26N4O2. The maximum absolute atomic E-state index is 12.1. The molecule has 0 spiro atoms. The Morgan fingerprint density at radius 2 is 1.89 bits per heavy atom. The van der Waals surface area contributed by atoms with Crippen molar-refractivity contribution in [2.45, 2.75) is 26.7 Å². The Labute approximate surface area is 160 Å². The second-order valence-corrected chi connectivity index (χ2v) is 7.05. The largest absolute Gasteiger partial charge is 0.370 e. The summed E-state index contributed by atoms with van der Waals surface area (Å²) in [6.07, 6.45) is 5.61. The van der Waals surface area contributed by atoms with Crippen LogP contribution in [0.4, 0.5) is 11.4 Å². The Kier molecular flexibility index (Phi) is 6.06. The number of nitrogens with zero attached hydrogens (tertiary/aromatic N) is 2. The zero-order chi connectivity index (χ0) is 19.2. The number of aryl methyl sites for hydroxylation is 1. The fraction of sp³-hybridized carbons (Fsp3) is 0.381. The van der Waals surface area contributed by atoms with Crippen molar-refractivity contribution in [1.82, 2.24) is 10.3 Å². The van der Waals surface area contributed by atoms with E-state index < -0.39 is 11.8 Å². The van der Waals surface area contributed by atoms with Crippen LogP contribution >= 0.6 is 0 Å². The van der Waals surface area contributed by atoms with Crippen molar-refractivity contribution in [2.75, 3.05) is 29.9 Å². The first-order valence-electron chi connectivity index (χ1n) is 9.35. The molecule has 1 saturated heterocycles. The van der Waals surface area contributed by atoms with Gasteiger partial charge in [-0.1, -0.05) is 12.1 Å². The van der Waals surface area contributed by atoms with E-state index in [9.17, 15) is 9.59 Å². The van der Waals surface area contributed by atoms with E-state index in [4.69, 9.17) is 0 Å². The molecule has 1 fully saturated rings. The molecule has 0 radical (unpaired) electrons. The van der Waals surface area contributed by atoms with Crippen molar-refractivity contribution in [2.24, 2.45) is 5.92 Å². The van der Waals surface area contributed by atoms with Gasteiger partial charge in [0.15, 0.2) is 0 Å². The number of rotatable bonds is 4. The van der Waals surface area contributed by atoms with Crippen LogP contribution < -0.4 is 15.5 Å². The SMILES string of the molecule is Cc1cccc(NC(=O)C(=O)NCC2CCN(c3cccnc3)CC2)c1C. The van der Waals surface area contributed by atoms with Crippen molar-refractivity contribution in [1.29, 1.82) is 0 Å². The van der Waals surface area contributed by atoms with Crippen molar-refractivity contribution < 1.29 is 9.59 Å². The Hall–Kier alpha value is -2.89. The topological polar surface area (TPSA) is 74.3 Å². The van der Waals surface area contributed by atoms with E-state index >= 15 is 0 Å². The van der Waals surface area contributed by atoms with Crippen molar-refractivity contribution >= 4 is 23.2 Å². The number of pyridine rings is 1. The number of hydrogen-bond donors (Lipinski definition) is 2. The van der Waals surface area contributed by atoms with E-state index in [2.05, 4.69) is 26.6 Å². The van der Waals surface area contributed by atoms with E-state index in [1.54, 1.807) is 6.20 Å². The number of nitrogens with one attached hydrogen (secondary N) is 2. The lowest BCUT2D eigenvalue weighted by molar-refractivity contribution is -0.136. The number of hydrogen-bond acceptors (Lipinski definition) is 4. The lowest BCUT2D eigenvalue weighted by Crippen LogP contribution is -2.42. The van der Waals surface area contributed by atoms with Crippen LogP contribution in [0.1, 0.15) is 24.0 Å². The highest BCUT2D eigenvalue weighted by atomic mass is 16.2. The summed E-state index contributed by atoms with van der Waals surface area (Å²) in [7, 11) is 0. The molecule has 1 aliphatic heterocycles. The zero-order valence-electron chi connectivity index (χ0n) is 15.9. The van der Waals surface area contributed by atoms with Gasteiger partial charge in [-0.3, -0.25) is 14.6 Å². The molecule has 0 saturated carbocycles. The summed E-state index contributed by atoms with van der Waals surface area (Å²) < 4.78 is 0. The average Bonchev–Trinajstić information content (AvgIpc) is 2.70. The van der Waals surface area contributed by atoms with Gasteiger partial charge in [0.25, 0.3) is 0 Å². The van der Waals surface area contributed by atoms with Crippen LogP contribution in [0.5, 0.6) is 0 Å². The normalized spacial score (nSPS) is 14.7. The standard InChI is InChI=1S/C21H26N4O2/c1-15-5-3-7-19(16(15)2)24-21(27)20(26)23-13-17-8-11-25(12-9-17)18-6-4-10-22-14-18/h3-7,10,14,17H,8-9,11-13H2,1-2H3,(H,23,26)(H,24,27). The predicted molar refractivity (Wildman–Crippen MR) is 107 cm³/mol. The molecule has 0 bridgehead atoms. The summed E-state index contributed by atoms with van der Waals surface area (Å²) >= 11 is 0. The van der Waals surface area contributed by atoms with Crippen LogP contribution in [0.25, 0.3) is 0 Å². The highest BCUT2D eigenvalue weighted by Gasteiger charge is 2.22. The molecule has 2 amide bonds. The fourth-order valence-electron chi connectivity index (χ4n) is 3.32. The van der Waals surface area contributed by atoms with Gasteiger partial charge in [-0.2, -0.15) is 0 Å². The zero-order valence-corrected chi connectivity index (χ0v) is 15.9. The lowest BCUT2D eigenvalue weighted by Gasteiger charge is -2.33. The molecule has 2 N–H and O–H groups in total. The number of benzene rings is 1. The third kappa shape index (κ3) is 4.84. The smallest absolute Gasteiger partial charge is 0.313 e. The Morgan fingerprint density at radius 3 is 2.59 bits per heavy atom. The molecule has 1 aliphatic rings. The van der Waals surface area contributed by atoms with Gasteiger partial charge in [0, 0.05) is 31.5 Å². The quantitative estimate of drug-likeness (QED) is 0.816. The average molecular weight is 366 g/mol. The summed E-state index contributed by atoms with van der Waals surface area (Å²) in [6.45, 7) is 6.30. The van der Waals surface area contributed by atoms with E-state index in [0.29, 0.717) is 18.2 Å². The summed E-state index contributed by atoms with van der Waals surface area (Å²) in [5.41, 5.74) is 3.86. The number of anilines is 2. The highest BCUT2D eigenvalue weighted by Crippen LogP contribution is 2.22. The number of carbonyl (C=O) groups excluding carboxylic acids is 2. The molecule has 6 heteroatoms. The molecule has 27 heavy (non-hydrogen) atoms. The van der Waals surface area contributed by atoms with Crippen molar-refractivity contribution in [3.63, 3.8) is 0 Å². The van der Waals surface area contributed by atoms with E-state index in [1.807, 2.05) is 44.3 Å². The molecule has 0 unspecified atom stereocenters. The van der Waals surface area contributed by atoms with Gasteiger partial charge in [0.05, 0.1) is 11.9 Å². The highest BCUT2D eigenvalue weighted by molar-refractivity contribution is 6.39. The van der Waals surface area contributed by atoms with Crippen LogP contribution in [0, 0.1) is 19.8 Å². The van der Waals surface area contributed by atoms with Gasteiger partial charge in [0.1, 0.15) is 0 Å². The van der Waals surface area contributed by atoms with Gasteiger partial charge in [0.2, 0.25) is 0 Å². The van der Waals surface area contributed by atoms with Crippen molar-refractivity contribution in [3.05, 3.63) is 53.9 Å². The molecule has 3 rings (SSSR count). The number of piperidine rings is 1. The van der Waals surface area contributed by atoms with Crippen LogP contribution in [0.3, 0.4) is 0 Å². The van der Waals surface area contributed by atoms with Gasteiger partial charge in [-0.15, -0.1) is 0 Å². The predicted octanol–water partition coefficient (Wildman–Crippen LogP) is 2.67. The second kappa shape index (κ2) is 8.66. The van der Waals surface area contributed by atoms with Crippen LogP contribution in [0.15, 0.2) is 42.7 Å². The summed E-state index contributed by atoms with van der Waals surface area (Å²) in [5.74, 6) is -0.808. The molecule has 6 nitrogen and oxygen atoms in total. The number of aromatic nitrogens is 1. The molecule has 2 heterocycles. The van der Waals surface area contributed by atoms with Crippen LogP contribution in [0.2, 0.25) is 0 Å². The minimum atomic E-state index is -0.614. The molecule has 142 valence electrons. The first-order valence-corrected chi connectivity index (χ1v) is 9.35. The first-order chi connectivity index (χ1) is 13.0. The van der Waals surface area contributed by atoms with Crippen molar-refractivity contribution in [3.8, 4) is 0 Å². The van der Waals surface area contributed by atoms with Gasteiger partial charge < -0.3 is 15.5 Å². The molecule has 0 aliphatic carbocycles. The third-order valence-corrected chi connectivity index (χ3v) is 5.24. The van der Waals surface area contributed by atoms with Gasteiger partial charge in [-0.05, 0) is 61.9 Å². The minimum Gasteiger partial charge on any atom is -0.370 e. The van der Waals surface area contributed by atoms with E-state index in [-0.39, 0.29) is 0 Å². The van der Waals surface area contributed by atoms with Crippen LogP contribution in [-0.2, 0) is 9.59 Å². The Bertz CT molecular complexity index is 799. The molecular weight excluding hydrogens is 340 g/mol. The third-order valence-electron chi connectivity index (χ3n) is 5.24. The Balaban J connectivity index is 1.44. The fourth-order valence-corrected chi connectivity index (χ4v) is 3.32. The molecule has 1 aromatic carbocycles. The summed E-state index contributed by atoms with van der Waals surface area (Å²) in [6, 6.07) is 9.65. The van der Waals surface area contributed by atoms with Gasteiger partial charge >= 0.3 is 11.8 Å². The summed E-state index contributed by atoms with van der Waals surface area (Å²) in [4.78, 5) is 30.7.